The van der Waals surface area contributed by atoms with Gasteiger partial charge in [0.05, 0.1) is 7.11 Å². The van der Waals surface area contributed by atoms with Gasteiger partial charge in [-0.15, -0.1) is 0 Å². The largest absolute Gasteiger partial charge is 0.494 e. The lowest BCUT2D eigenvalue weighted by Crippen LogP contribution is -2.33. The van der Waals surface area contributed by atoms with Gasteiger partial charge in [0, 0.05) is 48.2 Å². The molecule has 5 nitrogen and oxygen atoms in total. The summed E-state index contributed by atoms with van der Waals surface area (Å²) in [5, 5.41) is 8.34. The van der Waals surface area contributed by atoms with E-state index in [4.69, 9.17) is 4.74 Å². The minimum atomic E-state index is 0.580. The predicted octanol–water partition coefficient (Wildman–Crippen LogP) is 3.35. The number of fused-ring (bicyclic) bond motifs is 1. The van der Waals surface area contributed by atoms with Crippen LogP contribution in [-0.4, -0.2) is 35.4 Å². The summed E-state index contributed by atoms with van der Waals surface area (Å²) >= 11 is 0. The van der Waals surface area contributed by atoms with Crippen LogP contribution < -0.4 is 9.64 Å². The Labute approximate surface area is 135 Å². The lowest BCUT2D eigenvalue weighted by Gasteiger charge is -2.33. The van der Waals surface area contributed by atoms with Crippen molar-refractivity contribution in [1.29, 1.82) is 0 Å². The maximum atomic E-state index is 5.44. The van der Waals surface area contributed by atoms with Gasteiger partial charge < -0.3 is 9.64 Å². The number of aromatic nitrogens is 3. The van der Waals surface area contributed by atoms with Crippen molar-refractivity contribution < 1.29 is 4.74 Å². The van der Waals surface area contributed by atoms with Crippen LogP contribution in [0.5, 0.6) is 5.75 Å². The highest BCUT2D eigenvalue weighted by Gasteiger charge is 2.23. The van der Waals surface area contributed by atoms with E-state index >= 15 is 0 Å². The van der Waals surface area contributed by atoms with E-state index in [-0.39, 0.29) is 0 Å². The van der Waals surface area contributed by atoms with Gasteiger partial charge in [-0.05, 0) is 31.0 Å². The van der Waals surface area contributed by atoms with Gasteiger partial charge >= 0.3 is 0 Å². The molecule has 5 heteroatoms. The van der Waals surface area contributed by atoms with Crippen LogP contribution in [-0.2, 0) is 0 Å². The number of benzene rings is 1. The molecule has 0 radical (unpaired) electrons. The second-order valence-corrected chi connectivity index (χ2v) is 5.96. The Morgan fingerprint density at radius 1 is 1.13 bits per heavy atom. The topological polar surface area (TPSA) is 54.0 Å². The van der Waals surface area contributed by atoms with Gasteiger partial charge in [-0.3, -0.25) is 10.1 Å². The summed E-state index contributed by atoms with van der Waals surface area (Å²) in [5.41, 5.74) is 3.44. The normalized spacial score (nSPS) is 16.0. The van der Waals surface area contributed by atoms with Gasteiger partial charge in [-0.2, -0.15) is 5.10 Å². The lowest BCUT2D eigenvalue weighted by atomic mass is 9.93. The lowest BCUT2D eigenvalue weighted by molar-refractivity contribution is 0.419. The number of para-hydroxylation sites is 1. The molecule has 0 bridgehead atoms. The van der Waals surface area contributed by atoms with Crippen molar-refractivity contribution in [2.45, 2.75) is 18.8 Å². The zero-order valence-electron chi connectivity index (χ0n) is 13.2. The monoisotopic (exact) mass is 308 g/mol. The van der Waals surface area contributed by atoms with E-state index in [1.807, 2.05) is 24.5 Å². The molecule has 1 N–H and O–H groups in total. The molecule has 0 saturated carbocycles. The third-order valence-corrected chi connectivity index (χ3v) is 4.73. The van der Waals surface area contributed by atoms with E-state index in [2.05, 4.69) is 38.3 Å². The summed E-state index contributed by atoms with van der Waals surface area (Å²) in [6.07, 6.45) is 5.98. The molecule has 0 amide bonds. The minimum Gasteiger partial charge on any atom is -0.494 e. The summed E-state index contributed by atoms with van der Waals surface area (Å²) in [6, 6.07) is 10.3. The maximum Gasteiger partial charge on any atom is 0.145 e. The Morgan fingerprint density at radius 2 is 2.00 bits per heavy atom. The highest BCUT2D eigenvalue weighted by atomic mass is 16.5. The first-order chi connectivity index (χ1) is 11.4. The van der Waals surface area contributed by atoms with Crippen molar-refractivity contribution in [1.82, 2.24) is 15.2 Å². The van der Waals surface area contributed by atoms with Gasteiger partial charge in [0.15, 0.2) is 0 Å². The van der Waals surface area contributed by atoms with Crippen molar-refractivity contribution in [2.24, 2.45) is 0 Å². The molecule has 23 heavy (non-hydrogen) atoms. The molecule has 1 saturated heterocycles. The molecular formula is C18H20N4O. The molecule has 0 atom stereocenters. The molecule has 1 aromatic carbocycles. The van der Waals surface area contributed by atoms with Crippen molar-refractivity contribution in [2.75, 3.05) is 25.1 Å². The number of piperidine rings is 1. The van der Waals surface area contributed by atoms with E-state index < -0.39 is 0 Å². The van der Waals surface area contributed by atoms with Crippen LogP contribution in [0.2, 0.25) is 0 Å². The van der Waals surface area contributed by atoms with Gasteiger partial charge in [0.1, 0.15) is 11.3 Å². The number of H-pyrrole nitrogens is 1. The van der Waals surface area contributed by atoms with Crippen molar-refractivity contribution in [3.8, 4) is 5.75 Å². The van der Waals surface area contributed by atoms with E-state index in [0.717, 1.165) is 42.6 Å². The number of ether oxygens (including phenoxy) is 1. The fraction of sp³-hybridized carbons (Fsp3) is 0.333. The van der Waals surface area contributed by atoms with Crippen LogP contribution in [0.4, 0.5) is 5.69 Å². The smallest absolute Gasteiger partial charge is 0.145 e. The average molecular weight is 308 g/mol. The minimum absolute atomic E-state index is 0.580. The number of rotatable bonds is 3. The number of methoxy groups -OCH3 is 1. The third-order valence-electron chi connectivity index (χ3n) is 4.73. The summed E-state index contributed by atoms with van der Waals surface area (Å²) in [5.74, 6) is 1.41. The Kier molecular flexibility index (Phi) is 3.61. The number of hydrogen-bond acceptors (Lipinski definition) is 4. The molecule has 0 aliphatic carbocycles. The van der Waals surface area contributed by atoms with Crippen molar-refractivity contribution in [3.63, 3.8) is 0 Å². The number of anilines is 1. The van der Waals surface area contributed by atoms with Crippen molar-refractivity contribution in [3.05, 3.63) is 48.4 Å². The molecular weight excluding hydrogens is 288 g/mol. The molecule has 1 fully saturated rings. The zero-order chi connectivity index (χ0) is 15.6. The number of nitrogens with one attached hydrogen (secondary N) is 1. The first-order valence-corrected chi connectivity index (χ1v) is 8.03. The van der Waals surface area contributed by atoms with E-state index in [0.29, 0.717) is 5.92 Å². The Hall–Kier alpha value is -2.56. The van der Waals surface area contributed by atoms with Gasteiger partial charge in [0.25, 0.3) is 0 Å². The first kappa shape index (κ1) is 14.1. The van der Waals surface area contributed by atoms with E-state index in [1.54, 1.807) is 7.11 Å². The highest BCUT2D eigenvalue weighted by Crippen LogP contribution is 2.34. The summed E-state index contributed by atoms with van der Waals surface area (Å²) < 4.78 is 5.44. The number of hydrogen-bond donors (Lipinski definition) is 1. The molecule has 0 spiro atoms. The maximum absolute atomic E-state index is 5.44. The molecule has 0 unspecified atom stereocenters. The van der Waals surface area contributed by atoms with Gasteiger partial charge in [-0.25, -0.2) is 0 Å². The predicted molar refractivity (Wildman–Crippen MR) is 91.1 cm³/mol. The Morgan fingerprint density at radius 3 is 2.74 bits per heavy atom. The Balaban J connectivity index is 1.61. The zero-order valence-corrected chi connectivity index (χ0v) is 13.2. The second-order valence-electron chi connectivity index (χ2n) is 5.96. The first-order valence-electron chi connectivity index (χ1n) is 8.03. The number of aromatic amines is 1. The van der Waals surface area contributed by atoms with Gasteiger partial charge in [-0.1, -0.05) is 12.1 Å². The molecule has 4 rings (SSSR count). The highest BCUT2D eigenvalue weighted by molar-refractivity contribution is 5.95. The standard InChI is InChI=1S/C18H20N4O/c1-23-17-4-2-3-14-16(6-9-19-18(14)17)22-11-7-13(8-12-22)15-5-10-20-21-15/h2-6,9-10,13H,7-8,11-12H2,1H3,(H,20,21). The average Bonchev–Trinajstić information content (AvgIpc) is 3.15. The summed E-state index contributed by atoms with van der Waals surface area (Å²) in [4.78, 5) is 6.95. The number of pyridine rings is 1. The molecule has 1 aliphatic heterocycles. The summed E-state index contributed by atoms with van der Waals surface area (Å²) in [7, 11) is 1.69. The summed E-state index contributed by atoms with van der Waals surface area (Å²) in [6.45, 7) is 2.08. The Bertz CT molecular complexity index is 792. The van der Waals surface area contributed by atoms with Crippen molar-refractivity contribution >= 4 is 16.6 Å². The quantitative estimate of drug-likeness (QED) is 0.806. The van der Waals surface area contributed by atoms with Gasteiger partial charge in [0.2, 0.25) is 0 Å². The van der Waals surface area contributed by atoms with Crippen LogP contribution in [0.1, 0.15) is 24.5 Å². The van der Waals surface area contributed by atoms with Crippen LogP contribution in [0, 0.1) is 0 Å². The van der Waals surface area contributed by atoms with Crippen LogP contribution >= 0.6 is 0 Å². The molecule has 3 aromatic rings. The molecule has 118 valence electrons. The number of nitrogens with zero attached hydrogens (tertiary/aromatic N) is 3. The van der Waals surface area contributed by atoms with Crippen LogP contribution in [0.15, 0.2) is 42.7 Å². The molecule has 3 heterocycles. The third kappa shape index (κ3) is 2.52. The second kappa shape index (κ2) is 5.91. The fourth-order valence-corrected chi connectivity index (χ4v) is 3.50. The van der Waals surface area contributed by atoms with Crippen LogP contribution in [0.25, 0.3) is 10.9 Å². The fourth-order valence-electron chi connectivity index (χ4n) is 3.50. The SMILES string of the molecule is COc1cccc2c(N3CCC(c4ccn[nH]4)CC3)ccnc12. The molecule has 1 aliphatic rings. The van der Waals surface area contributed by atoms with E-state index in [9.17, 15) is 0 Å². The van der Waals surface area contributed by atoms with E-state index in [1.165, 1.54) is 11.4 Å². The molecule has 2 aromatic heterocycles. The van der Waals surface area contributed by atoms with Crippen LogP contribution in [0.3, 0.4) is 0 Å².